The summed E-state index contributed by atoms with van der Waals surface area (Å²) in [6.07, 6.45) is 1.32. The van der Waals surface area contributed by atoms with Crippen LogP contribution in [0, 0.1) is 11.3 Å². The number of hydrogen-bond acceptors (Lipinski definition) is 4. The number of fused-ring (bicyclic) bond motifs is 1. The third-order valence-electron chi connectivity index (χ3n) is 4.88. The molecule has 1 N–H and O–H groups in total. The molecule has 22 heavy (non-hydrogen) atoms. The van der Waals surface area contributed by atoms with Crippen molar-refractivity contribution in [1.82, 2.24) is 10.2 Å². The van der Waals surface area contributed by atoms with Gasteiger partial charge in [0.25, 0.3) is 0 Å². The number of amides is 1. The Morgan fingerprint density at radius 3 is 2.68 bits per heavy atom. The lowest BCUT2D eigenvalue weighted by atomic mass is 9.57. The van der Waals surface area contributed by atoms with Gasteiger partial charge < -0.3 is 19.7 Å². The highest BCUT2D eigenvalue weighted by molar-refractivity contribution is 5.68. The third kappa shape index (κ3) is 3.57. The Hall–Kier alpha value is -0.810. The SMILES string of the molecule is CCN(CCNC1C2CCOC2C1(C)C)C(=O)OC(C)(C)C. The van der Waals surface area contributed by atoms with Gasteiger partial charge in [-0.15, -0.1) is 0 Å². The smallest absolute Gasteiger partial charge is 0.410 e. The molecule has 1 heterocycles. The van der Waals surface area contributed by atoms with E-state index in [0.717, 1.165) is 19.6 Å². The predicted molar refractivity (Wildman–Crippen MR) is 86.9 cm³/mol. The molecule has 1 saturated heterocycles. The molecule has 1 saturated carbocycles. The van der Waals surface area contributed by atoms with Gasteiger partial charge in [-0.3, -0.25) is 0 Å². The Bertz CT molecular complexity index is 403. The van der Waals surface area contributed by atoms with Crippen molar-refractivity contribution in [3.8, 4) is 0 Å². The third-order valence-corrected chi connectivity index (χ3v) is 4.88. The summed E-state index contributed by atoms with van der Waals surface area (Å²) < 4.78 is 11.3. The van der Waals surface area contributed by atoms with Crippen LogP contribution in [0.4, 0.5) is 4.79 Å². The lowest BCUT2D eigenvalue weighted by Gasteiger charge is -2.55. The molecule has 0 aromatic carbocycles. The van der Waals surface area contributed by atoms with E-state index in [1.165, 1.54) is 0 Å². The first-order valence-electron chi connectivity index (χ1n) is 8.49. The molecule has 1 amide bonds. The van der Waals surface area contributed by atoms with Crippen molar-refractivity contribution >= 4 is 6.09 Å². The topological polar surface area (TPSA) is 50.8 Å². The van der Waals surface area contributed by atoms with Crippen molar-refractivity contribution in [3.63, 3.8) is 0 Å². The quantitative estimate of drug-likeness (QED) is 0.848. The van der Waals surface area contributed by atoms with E-state index < -0.39 is 5.60 Å². The van der Waals surface area contributed by atoms with Gasteiger partial charge in [0, 0.05) is 43.6 Å². The van der Waals surface area contributed by atoms with Crippen LogP contribution in [0.2, 0.25) is 0 Å². The lowest BCUT2D eigenvalue weighted by Crippen LogP contribution is -2.66. The second-order valence-corrected chi connectivity index (χ2v) is 8.06. The summed E-state index contributed by atoms with van der Waals surface area (Å²) in [4.78, 5) is 13.9. The van der Waals surface area contributed by atoms with Gasteiger partial charge in [0.15, 0.2) is 0 Å². The standard InChI is InChI=1S/C17H32N2O3/c1-7-19(15(20)22-16(2,3)4)10-9-18-13-12-8-11-21-14(12)17(13,5)6/h12-14,18H,7-11H2,1-6H3. The van der Waals surface area contributed by atoms with Crippen molar-refractivity contribution < 1.29 is 14.3 Å². The van der Waals surface area contributed by atoms with Gasteiger partial charge in [0.2, 0.25) is 0 Å². The van der Waals surface area contributed by atoms with Gasteiger partial charge in [-0.1, -0.05) is 13.8 Å². The first-order valence-corrected chi connectivity index (χ1v) is 8.49. The fraction of sp³-hybridized carbons (Fsp3) is 0.941. The Morgan fingerprint density at radius 2 is 2.09 bits per heavy atom. The van der Waals surface area contributed by atoms with Crippen molar-refractivity contribution in [2.24, 2.45) is 11.3 Å². The second kappa shape index (κ2) is 6.36. The zero-order valence-electron chi connectivity index (χ0n) is 14.9. The van der Waals surface area contributed by atoms with E-state index in [1.807, 2.05) is 27.7 Å². The molecule has 0 bridgehead atoms. The first-order chi connectivity index (χ1) is 10.2. The van der Waals surface area contributed by atoms with E-state index in [2.05, 4.69) is 19.2 Å². The second-order valence-electron chi connectivity index (χ2n) is 8.06. The Kier molecular flexibility index (Phi) is 5.07. The predicted octanol–water partition coefficient (Wildman–Crippen LogP) is 2.65. The first kappa shape index (κ1) is 17.5. The molecule has 1 aliphatic heterocycles. The average Bonchev–Trinajstić information content (AvgIpc) is 2.83. The number of likely N-dealkylation sites (N-methyl/N-ethyl adjacent to an activating group) is 1. The van der Waals surface area contributed by atoms with Crippen molar-refractivity contribution in [2.75, 3.05) is 26.2 Å². The number of ether oxygens (including phenoxy) is 2. The highest BCUT2D eigenvalue weighted by Gasteiger charge is 2.58. The zero-order chi connectivity index (χ0) is 16.5. The summed E-state index contributed by atoms with van der Waals surface area (Å²) >= 11 is 0. The summed E-state index contributed by atoms with van der Waals surface area (Å²) in [7, 11) is 0. The van der Waals surface area contributed by atoms with Crippen molar-refractivity contribution in [2.45, 2.75) is 65.7 Å². The number of hydrogen-bond donors (Lipinski definition) is 1. The Labute approximate surface area is 134 Å². The minimum absolute atomic E-state index is 0.185. The molecule has 3 atom stereocenters. The van der Waals surface area contributed by atoms with Crippen LogP contribution in [0.3, 0.4) is 0 Å². The fourth-order valence-corrected chi connectivity index (χ4v) is 3.80. The number of carbonyl (C=O) groups excluding carboxylic acids is 1. The summed E-state index contributed by atoms with van der Waals surface area (Å²) in [6.45, 7) is 15.2. The number of nitrogens with one attached hydrogen (secondary N) is 1. The normalized spacial score (nSPS) is 29.6. The van der Waals surface area contributed by atoms with Gasteiger partial charge in [-0.05, 0) is 34.1 Å². The zero-order valence-corrected chi connectivity index (χ0v) is 14.9. The molecule has 2 rings (SSSR count). The van der Waals surface area contributed by atoms with Crippen molar-refractivity contribution in [3.05, 3.63) is 0 Å². The summed E-state index contributed by atoms with van der Waals surface area (Å²) in [6, 6.07) is 0.484. The summed E-state index contributed by atoms with van der Waals surface area (Å²) in [5.74, 6) is 0.631. The molecule has 3 unspecified atom stereocenters. The van der Waals surface area contributed by atoms with E-state index in [1.54, 1.807) is 4.90 Å². The Morgan fingerprint density at radius 1 is 1.41 bits per heavy atom. The molecule has 128 valence electrons. The van der Waals surface area contributed by atoms with Crippen LogP contribution in [-0.2, 0) is 9.47 Å². The average molecular weight is 312 g/mol. The van der Waals surface area contributed by atoms with Gasteiger partial charge >= 0.3 is 6.09 Å². The molecule has 2 aliphatic rings. The van der Waals surface area contributed by atoms with Gasteiger partial charge in [0.1, 0.15) is 5.60 Å². The maximum Gasteiger partial charge on any atom is 0.410 e. The maximum absolute atomic E-state index is 12.1. The van der Waals surface area contributed by atoms with Gasteiger partial charge in [0.05, 0.1) is 6.10 Å². The minimum Gasteiger partial charge on any atom is -0.444 e. The fourth-order valence-electron chi connectivity index (χ4n) is 3.80. The molecule has 5 heteroatoms. The van der Waals surface area contributed by atoms with Crippen LogP contribution in [0.5, 0.6) is 0 Å². The van der Waals surface area contributed by atoms with Crippen LogP contribution >= 0.6 is 0 Å². The van der Waals surface area contributed by atoms with Crippen LogP contribution in [0.15, 0.2) is 0 Å². The molecule has 5 nitrogen and oxygen atoms in total. The summed E-state index contributed by atoms with van der Waals surface area (Å²) in [5, 5.41) is 3.63. The molecule has 0 aromatic rings. The number of rotatable bonds is 5. The van der Waals surface area contributed by atoms with Crippen LogP contribution in [0.1, 0.15) is 48.0 Å². The van der Waals surface area contributed by atoms with Gasteiger partial charge in [-0.2, -0.15) is 0 Å². The van der Waals surface area contributed by atoms with E-state index in [4.69, 9.17) is 9.47 Å². The van der Waals surface area contributed by atoms with Crippen LogP contribution in [-0.4, -0.2) is 55.0 Å². The molecule has 0 radical (unpaired) electrons. The monoisotopic (exact) mass is 312 g/mol. The molecule has 1 aliphatic carbocycles. The van der Waals surface area contributed by atoms with E-state index >= 15 is 0 Å². The molecule has 0 spiro atoms. The molecule has 2 fully saturated rings. The number of nitrogens with zero attached hydrogens (tertiary/aromatic N) is 1. The van der Waals surface area contributed by atoms with E-state index in [0.29, 0.717) is 31.2 Å². The molecular weight excluding hydrogens is 280 g/mol. The summed E-state index contributed by atoms with van der Waals surface area (Å²) in [5.41, 5.74) is -0.258. The Balaban J connectivity index is 1.78. The van der Waals surface area contributed by atoms with Crippen LogP contribution in [0.25, 0.3) is 0 Å². The largest absolute Gasteiger partial charge is 0.444 e. The van der Waals surface area contributed by atoms with E-state index in [-0.39, 0.29) is 11.5 Å². The van der Waals surface area contributed by atoms with Crippen molar-refractivity contribution in [1.29, 1.82) is 0 Å². The van der Waals surface area contributed by atoms with E-state index in [9.17, 15) is 4.79 Å². The molecular formula is C17H32N2O3. The highest BCUT2D eigenvalue weighted by Crippen LogP contribution is 2.51. The maximum atomic E-state index is 12.1. The minimum atomic E-state index is -0.442. The lowest BCUT2D eigenvalue weighted by molar-refractivity contribution is -0.112. The van der Waals surface area contributed by atoms with Crippen LogP contribution < -0.4 is 5.32 Å². The number of carbonyl (C=O) groups is 1. The van der Waals surface area contributed by atoms with Gasteiger partial charge in [-0.25, -0.2) is 4.79 Å². The highest BCUT2D eigenvalue weighted by atomic mass is 16.6. The molecule has 0 aromatic heterocycles.